The summed E-state index contributed by atoms with van der Waals surface area (Å²) < 4.78 is 10.9. The largest absolute Gasteiger partial charge is 0.497 e. The monoisotopic (exact) mass is 515 g/mol. The Kier molecular flexibility index (Phi) is 6.84. The first-order valence-electron chi connectivity index (χ1n) is 12.3. The van der Waals surface area contributed by atoms with E-state index in [1.165, 1.54) is 11.3 Å². The number of anilines is 1. The van der Waals surface area contributed by atoms with Crippen molar-refractivity contribution in [1.82, 2.24) is 4.98 Å². The van der Waals surface area contributed by atoms with E-state index in [9.17, 15) is 9.59 Å². The molecule has 8 heteroatoms. The number of nitrogens with two attached hydrogens (primary N) is 1. The molecule has 2 heterocycles. The number of fused-ring (bicyclic) bond motifs is 2. The minimum Gasteiger partial charge on any atom is -0.497 e. The van der Waals surface area contributed by atoms with E-state index in [1.54, 1.807) is 26.4 Å². The van der Waals surface area contributed by atoms with Gasteiger partial charge in [-0.1, -0.05) is 31.5 Å². The van der Waals surface area contributed by atoms with Crippen LogP contribution in [0.3, 0.4) is 0 Å². The quantitative estimate of drug-likeness (QED) is 0.322. The van der Waals surface area contributed by atoms with Crippen LogP contribution in [-0.4, -0.2) is 31.0 Å². The lowest BCUT2D eigenvalue weighted by Crippen LogP contribution is -2.20. The third-order valence-corrected chi connectivity index (χ3v) is 8.23. The van der Waals surface area contributed by atoms with Crippen molar-refractivity contribution in [3.05, 3.63) is 70.1 Å². The summed E-state index contributed by atoms with van der Waals surface area (Å²) >= 11 is 1.47. The fourth-order valence-corrected chi connectivity index (χ4v) is 6.40. The number of amides is 2. The second-order valence-corrected chi connectivity index (χ2v) is 10.3. The number of para-hydroxylation sites is 1. The Morgan fingerprint density at radius 1 is 1.14 bits per heavy atom. The Balaban J connectivity index is 1.58. The number of methoxy groups -OCH3 is 2. The zero-order valence-corrected chi connectivity index (χ0v) is 21.9. The third-order valence-electron chi connectivity index (χ3n) is 7.06. The summed E-state index contributed by atoms with van der Waals surface area (Å²) in [6.07, 6.45) is 3.83. The molecule has 0 fully saturated rings. The summed E-state index contributed by atoms with van der Waals surface area (Å²) in [6.45, 7) is 2.19. The van der Waals surface area contributed by atoms with E-state index < -0.39 is 5.91 Å². The molecule has 0 saturated heterocycles. The number of primary amides is 1. The smallest absolute Gasteiger partial charge is 0.257 e. The Morgan fingerprint density at radius 2 is 1.95 bits per heavy atom. The number of benzene rings is 2. The molecule has 1 atom stereocenters. The van der Waals surface area contributed by atoms with Gasteiger partial charge in [-0.2, -0.15) is 0 Å². The number of thiophene rings is 1. The summed E-state index contributed by atoms with van der Waals surface area (Å²) in [7, 11) is 3.18. The molecule has 0 spiro atoms. The molecule has 190 valence electrons. The molecule has 1 aliphatic rings. The van der Waals surface area contributed by atoms with E-state index in [0.717, 1.165) is 41.7 Å². The van der Waals surface area contributed by atoms with Gasteiger partial charge in [0.05, 0.1) is 36.6 Å². The minimum atomic E-state index is -0.508. The Morgan fingerprint density at radius 3 is 2.68 bits per heavy atom. The molecular formula is C29H29N3O4S. The molecule has 0 saturated carbocycles. The van der Waals surface area contributed by atoms with E-state index in [-0.39, 0.29) is 5.91 Å². The molecule has 2 aromatic heterocycles. The fraction of sp³-hybridized carbons (Fsp3) is 0.276. The highest BCUT2D eigenvalue weighted by atomic mass is 32.1. The number of carbonyl (C=O) groups is 2. The van der Waals surface area contributed by atoms with Crippen LogP contribution in [0.5, 0.6) is 11.5 Å². The van der Waals surface area contributed by atoms with Gasteiger partial charge in [0.1, 0.15) is 16.5 Å². The van der Waals surface area contributed by atoms with Crippen LogP contribution in [0.1, 0.15) is 50.9 Å². The van der Waals surface area contributed by atoms with Crippen LogP contribution in [0.25, 0.3) is 22.2 Å². The van der Waals surface area contributed by atoms with E-state index in [2.05, 4.69) is 12.2 Å². The van der Waals surface area contributed by atoms with Crippen molar-refractivity contribution in [3.63, 3.8) is 0 Å². The van der Waals surface area contributed by atoms with Gasteiger partial charge in [-0.3, -0.25) is 9.59 Å². The van der Waals surface area contributed by atoms with Gasteiger partial charge in [0.25, 0.3) is 11.8 Å². The molecule has 0 radical (unpaired) electrons. The van der Waals surface area contributed by atoms with Gasteiger partial charge in [0.2, 0.25) is 0 Å². The Bertz CT molecular complexity index is 1510. The number of carbonyl (C=O) groups excluding carboxylic acids is 2. The van der Waals surface area contributed by atoms with Crippen molar-refractivity contribution in [2.75, 3.05) is 19.5 Å². The highest BCUT2D eigenvalue weighted by molar-refractivity contribution is 7.17. The van der Waals surface area contributed by atoms with Gasteiger partial charge in [-0.15, -0.1) is 11.3 Å². The van der Waals surface area contributed by atoms with Crippen LogP contribution < -0.4 is 20.5 Å². The highest BCUT2D eigenvalue weighted by Gasteiger charge is 2.28. The fourth-order valence-electron chi connectivity index (χ4n) is 5.03. The van der Waals surface area contributed by atoms with Crippen LogP contribution in [0, 0.1) is 5.92 Å². The molecule has 0 unspecified atom stereocenters. The average molecular weight is 516 g/mol. The van der Waals surface area contributed by atoms with Crippen molar-refractivity contribution in [3.8, 4) is 22.8 Å². The number of rotatable bonds is 7. The minimum absolute atomic E-state index is 0.319. The van der Waals surface area contributed by atoms with Crippen LogP contribution in [0.15, 0.2) is 48.5 Å². The first-order chi connectivity index (χ1) is 17.9. The van der Waals surface area contributed by atoms with Crippen molar-refractivity contribution >= 4 is 39.1 Å². The Labute approximate surface area is 219 Å². The summed E-state index contributed by atoms with van der Waals surface area (Å²) in [6, 6.07) is 14.7. The summed E-state index contributed by atoms with van der Waals surface area (Å²) in [5.74, 6) is 0.999. The maximum Gasteiger partial charge on any atom is 0.257 e. The van der Waals surface area contributed by atoms with Crippen LogP contribution in [0.2, 0.25) is 0 Å². The first-order valence-corrected chi connectivity index (χ1v) is 13.1. The molecule has 5 rings (SSSR count). The van der Waals surface area contributed by atoms with Gasteiger partial charge in [0.15, 0.2) is 0 Å². The maximum atomic E-state index is 13.7. The zero-order chi connectivity index (χ0) is 26.1. The standard InChI is InChI=1S/C29H29N3O4S/c1-4-16-9-11-20-25(13-16)37-29(26(20)27(30)33)32-28(34)21-15-23(31-22-8-6-5-7-18(21)22)19-12-10-17(35-2)14-24(19)36-3/h5-8,10,12,14-16H,4,9,11,13H2,1-3H3,(H2,30,33)(H,32,34)/t16-/m1/s1. The molecule has 7 nitrogen and oxygen atoms in total. The summed E-state index contributed by atoms with van der Waals surface area (Å²) in [5.41, 5.74) is 9.68. The van der Waals surface area contributed by atoms with Gasteiger partial charge in [-0.05, 0) is 55.0 Å². The van der Waals surface area contributed by atoms with Crippen molar-refractivity contribution in [2.24, 2.45) is 11.7 Å². The Hall–Kier alpha value is -3.91. The number of hydrogen-bond acceptors (Lipinski definition) is 6. The maximum absolute atomic E-state index is 13.7. The van der Waals surface area contributed by atoms with Crippen molar-refractivity contribution in [1.29, 1.82) is 0 Å². The topological polar surface area (TPSA) is 104 Å². The normalized spacial score (nSPS) is 14.7. The van der Waals surface area contributed by atoms with E-state index in [1.807, 2.05) is 36.4 Å². The van der Waals surface area contributed by atoms with Gasteiger partial charge in [0, 0.05) is 21.9 Å². The molecule has 4 aromatic rings. The van der Waals surface area contributed by atoms with Crippen LogP contribution in [0.4, 0.5) is 5.00 Å². The molecular weight excluding hydrogens is 486 g/mol. The van der Waals surface area contributed by atoms with E-state index >= 15 is 0 Å². The second-order valence-electron chi connectivity index (χ2n) is 9.18. The SMILES string of the molecule is CC[C@@H]1CCc2c(sc(NC(=O)c3cc(-c4ccc(OC)cc4OC)nc4ccccc34)c2C(N)=O)C1. The van der Waals surface area contributed by atoms with Gasteiger partial charge in [-0.25, -0.2) is 4.98 Å². The lowest BCUT2D eigenvalue weighted by molar-refractivity contribution is 0.1000. The van der Waals surface area contributed by atoms with Crippen molar-refractivity contribution in [2.45, 2.75) is 32.6 Å². The number of aromatic nitrogens is 1. The van der Waals surface area contributed by atoms with Crippen LogP contribution in [-0.2, 0) is 12.8 Å². The molecule has 3 N–H and O–H groups in total. The molecule has 2 amide bonds. The number of ether oxygens (including phenoxy) is 2. The van der Waals surface area contributed by atoms with Crippen molar-refractivity contribution < 1.29 is 19.1 Å². The summed E-state index contributed by atoms with van der Waals surface area (Å²) in [5, 5.41) is 4.25. The predicted molar refractivity (Wildman–Crippen MR) is 147 cm³/mol. The van der Waals surface area contributed by atoms with E-state index in [0.29, 0.717) is 50.1 Å². The van der Waals surface area contributed by atoms with Gasteiger partial charge >= 0.3 is 0 Å². The van der Waals surface area contributed by atoms with Crippen LogP contribution >= 0.6 is 11.3 Å². The molecule has 0 bridgehead atoms. The molecule has 37 heavy (non-hydrogen) atoms. The number of nitrogens with one attached hydrogen (secondary N) is 1. The van der Waals surface area contributed by atoms with Gasteiger partial charge < -0.3 is 20.5 Å². The molecule has 2 aromatic carbocycles. The second kappa shape index (κ2) is 10.2. The number of hydrogen-bond donors (Lipinski definition) is 2. The third kappa shape index (κ3) is 4.64. The zero-order valence-electron chi connectivity index (χ0n) is 21.1. The number of pyridine rings is 1. The first kappa shape index (κ1) is 24.8. The molecule has 0 aliphatic heterocycles. The van der Waals surface area contributed by atoms with E-state index in [4.69, 9.17) is 20.2 Å². The predicted octanol–water partition coefficient (Wildman–Crippen LogP) is 5.85. The molecule has 1 aliphatic carbocycles. The number of nitrogens with zero attached hydrogens (tertiary/aromatic N) is 1. The lowest BCUT2D eigenvalue weighted by Gasteiger charge is -2.20. The summed E-state index contributed by atoms with van der Waals surface area (Å²) in [4.78, 5) is 32.1. The highest BCUT2D eigenvalue weighted by Crippen LogP contribution is 2.41. The average Bonchev–Trinajstić information content (AvgIpc) is 3.28. The lowest BCUT2D eigenvalue weighted by atomic mass is 9.85.